The van der Waals surface area contributed by atoms with E-state index in [0.717, 1.165) is 37.0 Å². The molecule has 2 aromatic rings. The Hall–Kier alpha value is -1.46. The number of aliphatic hydroxyl groups excluding tert-OH is 1. The maximum Gasteiger partial charge on any atom is 0.157 e. The first-order valence-electron chi connectivity index (χ1n) is 8.36. The molecule has 3 rings (SSSR count). The third-order valence-corrected chi connectivity index (χ3v) is 4.56. The normalized spacial score (nSPS) is 19.5. The van der Waals surface area contributed by atoms with Crippen molar-refractivity contribution in [2.24, 2.45) is 0 Å². The zero-order valence-electron chi connectivity index (χ0n) is 13.6. The van der Waals surface area contributed by atoms with Gasteiger partial charge in [-0.2, -0.15) is 5.10 Å². The van der Waals surface area contributed by atoms with Gasteiger partial charge in [-0.05, 0) is 57.7 Å². The molecule has 3 heterocycles. The largest absolute Gasteiger partial charge is 0.396 e. The molecular weight excluding hydrogens is 276 g/mol. The summed E-state index contributed by atoms with van der Waals surface area (Å²) < 4.78 is 1.97. The molecular formula is C17H26N4O. The quantitative estimate of drug-likeness (QED) is 0.891. The van der Waals surface area contributed by atoms with Crippen LogP contribution in [0.4, 0.5) is 0 Å². The predicted octanol–water partition coefficient (Wildman–Crippen LogP) is 2.75. The number of aromatic nitrogens is 3. The van der Waals surface area contributed by atoms with Gasteiger partial charge in [-0.1, -0.05) is 0 Å². The van der Waals surface area contributed by atoms with Gasteiger partial charge in [0.1, 0.15) is 0 Å². The fraction of sp³-hybridized carbons (Fsp3) is 0.647. The number of rotatable bonds is 6. The van der Waals surface area contributed by atoms with Crippen LogP contribution in [-0.2, 0) is 6.54 Å². The third kappa shape index (κ3) is 3.15. The lowest BCUT2D eigenvalue weighted by Crippen LogP contribution is -2.29. The number of nitrogens with zero attached hydrogens (tertiary/aromatic N) is 4. The monoisotopic (exact) mass is 302 g/mol. The highest BCUT2D eigenvalue weighted by molar-refractivity contribution is 5.75. The van der Waals surface area contributed by atoms with Gasteiger partial charge in [0.25, 0.3) is 0 Å². The van der Waals surface area contributed by atoms with Crippen LogP contribution < -0.4 is 0 Å². The van der Waals surface area contributed by atoms with Gasteiger partial charge in [0.05, 0.1) is 6.20 Å². The van der Waals surface area contributed by atoms with E-state index in [4.69, 9.17) is 5.11 Å². The standard InChI is InChI=1S/C17H26N4O/c1-13(2)21-17-15(11-19-21)9-14(10-18-17)12-20-7-3-5-16(20)6-4-8-22/h9-11,13,16,22H,3-8,12H2,1-2H3. The molecule has 1 aliphatic heterocycles. The average Bonchev–Trinajstić information content (AvgIpc) is 3.11. The Morgan fingerprint density at radius 1 is 1.36 bits per heavy atom. The third-order valence-electron chi connectivity index (χ3n) is 4.56. The fourth-order valence-electron chi connectivity index (χ4n) is 3.44. The van der Waals surface area contributed by atoms with Crippen LogP contribution >= 0.6 is 0 Å². The molecule has 1 N–H and O–H groups in total. The maximum atomic E-state index is 9.03. The van der Waals surface area contributed by atoms with Crippen LogP contribution in [-0.4, -0.2) is 44.0 Å². The van der Waals surface area contributed by atoms with Crippen molar-refractivity contribution in [1.82, 2.24) is 19.7 Å². The molecule has 22 heavy (non-hydrogen) atoms. The van der Waals surface area contributed by atoms with Gasteiger partial charge >= 0.3 is 0 Å². The summed E-state index contributed by atoms with van der Waals surface area (Å²) in [6.07, 6.45) is 8.42. The number of hydrogen-bond acceptors (Lipinski definition) is 4. The number of aliphatic hydroxyl groups is 1. The predicted molar refractivity (Wildman–Crippen MR) is 87.7 cm³/mol. The molecule has 0 radical (unpaired) electrons. The van der Waals surface area contributed by atoms with Crippen molar-refractivity contribution < 1.29 is 5.11 Å². The molecule has 0 amide bonds. The molecule has 0 spiro atoms. The Labute approximate surface area is 132 Å². The van der Waals surface area contributed by atoms with E-state index in [1.807, 2.05) is 17.1 Å². The van der Waals surface area contributed by atoms with Crippen LogP contribution in [0.2, 0.25) is 0 Å². The van der Waals surface area contributed by atoms with Gasteiger partial charge in [0, 0.05) is 36.8 Å². The molecule has 120 valence electrons. The zero-order valence-corrected chi connectivity index (χ0v) is 13.6. The maximum absolute atomic E-state index is 9.03. The van der Waals surface area contributed by atoms with E-state index in [-0.39, 0.29) is 0 Å². The number of likely N-dealkylation sites (tertiary alicyclic amines) is 1. The molecule has 1 aliphatic rings. The van der Waals surface area contributed by atoms with Gasteiger partial charge in [0.2, 0.25) is 0 Å². The molecule has 1 fully saturated rings. The smallest absolute Gasteiger partial charge is 0.157 e. The highest BCUT2D eigenvalue weighted by Gasteiger charge is 2.24. The molecule has 2 aromatic heterocycles. The minimum Gasteiger partial charge on any atom is -0.396 e. The summed E-state index contributed by atoms with van der Waals surface area (Å²) in [5.41, 5.74) is 2.23. The van der Waals surface area contributed by atoms with Crippen molar-refractivity contribution in [3.8, 4) is 0 Å². The van der Waals surface area contributed by atoms with Crippen molar-refractivity contribution in [2.75, 3.05) is 13.2 Å². The van der Waals surface area contributed by atoms with Crippen LogP contribution in [0.3, 0.4) is 0 Å². The van der Waals surface area contributed by atoms with Crippen LogP contribution in [0.5, 0.6) is 0 Å². The van der Waals surface area contributed by atoms with E-state index in [1.54, 1.807) is 0 Å². The average molecular weight is 302 g/mol. The lowest BCUT2D eigenvalue weighted by Gasteiger charge is -2.24. The summed E-state index contributed by atoms with van der Waals surface area (Å²) in [4.78, 5) is 7.16. The Morgan fingerprint density at radius 3 is 3.00 bits per heavy atom. The van der Waals surface area contributed by atoms with Crippen molar-refractivity contribution in [3.63, 3.8) is 0 Å². The van der Waals surface area contributed by atoms with Crippen LogP contribution in [0.1, 0.15) is 51.1 Å². The Balaban J connectivity index is 1.73. The molecule has 0 aromatic carbocycles. The first-order chi connectivity index (χ1) is 10.7. The van der Waals surface area contributed by atoms with Crippen molar-refractivity contribution in [2.45, 2.75) is 58.2 Å². The highest BCUT2D eigenvalue weighted by atomic mass is 16.2. The van der Waals surface area contributed by atoms with E-state index in [1.165, 1.54) is 18.4 Å². The number of hydrogen-bond donors (Lipinski definition) is 1. The summed E-state index contributed by atoms with van der Waals surface area (Å²) >= 11 is 0. The first kappa shape index (κ1) is 15.4. The summed E-state index contributed by atoms with van der Waals surface area (Å²) in [7, 11) is 0. The highest BCUT2D eigenvalue weighted by Crippen LogP contribution is 2.24. The molecule has 0 bridgehead atoms. The van der Waals surface area contributed by atoms with E-state index >= 15 is 0 Å². The Kier molecular flexibility index (Phi) is 4.74. The van der Waals surface area contributed by atoms with Crippen molar-refractivity contribution >= 4 is 11.0 Å². The number of fused-ring (bicyclic) bond motifs is 1. The topological polar surface area (TPSA) is 54.2 Å². The second-order valence-electron chi connectivity index (χ2n) is 6.57. The summed E-state index contributed by atoms with van der Waals surface area (Å²) in [6, 6.07) is 3.16. The van der Waals surface area contributed by atoms with Gasteiger partial charge in [-0.25, -0.2) is 9.67 Å². The lowest BCUT2D eigenvalue weighted by molar-refractivity contribution is 0.210. The van der Waals surface area contributed by atoms with Crippen LogP contribution in [0, 0.1) is 0 Å². The zero-order chi connectivity index (χ0) is 15.5. The summed E-state index contributed by atoms with van der Waals surface area (Å²) in [5.74, 6) is 0. The van der Waals surface area contributed by atoms with Gasteiger partial charge in [-0.3, -0.25) is 4.90 Å². The summed E-state index contributed by atoms with van der Waals surface area (Å²) in [6.45, 7) is 6.65. The lowest BCUT2D eigenvalue weighted by atomic mass is 10.1. The molecule has 5 heteroatoms. The molecule has 1 atom stereocenters. The molecule has 1 unspecified atom stereocenters. The Bertz CT molecular complexity index is 622. The second kappa shape index (κ2) is 6.75. The van der Waals surface area contributed by atoms with Crippen molar-refractivity contribution in [3.05, 3.63) is 24.0 Å². The summed E-state index contributed by atoms with van der Waals surface area (Å²) in [5, 5.41) is 14.6. The van der Waals surface area contributed by atoms with Crippen LogP contribution in [0.25, 0.3) is 11.0 Å². The van der Waals surface area contributed by atoms with E-state index in [2.05, 4.69) is 34.9 Å². The molecule has 5 nitrogen and oxygen atoms in total. The van der Waals surface area contributed by atoms with Gasteiger partial charge in [0.15, 0.2) is 5.65 Å². The van der Waals surface area contributed by atoms with Crippen molar-refractivity contribution in [1.29, 1.82) is 0 Å². The van der Waals surface area contributed by atoms with E-state index in [9.17, 15) is 0 Å². The molecule has 0 saturated carbocycles. The minimum absolute atomic E-state index is 0.298. The van der Waals surface area contributed by atoms with Crippen LogP contribution in [0.15, 0.2) is 18.5 Å². The van der Waals surface area contributed by atoms with E-state index in [0.29, 0.717) is 18.7 Å². The fourth-order valence-corrected chi connectivity index (χ4v) is 3.44. The van der Waals surface area contributed by atoms with E-state index < -0.39 is 0 Å². The second-order valence-corrected chi connectivity index (χ2v) is 6.57. The minimum atomic E-state index is 0.298. The van der Waals surface area contributed by atoms with Gasteiger partial charge < -0.3 is 5.11 Å². The Morgan fingerprint density at radius 2 is 2.23 bits per heavy atom. The SMILES string of the molecule is CC(C)n1ncc2cc(CN3CCCC3CCCO)cnc21. The first-order valence-corrected chi connectivity index (χ1v) is 8.36. The molecule has 1 saturated heterocycles. The molecule has 0 aliphatic carbocycles. The number of pyridine rings is 1. The van der Waals surface area contributed by atoms with Gasteiger partial charge in [-0.15, -0.1) is 0 Å².